The number of imidazole rings is 1. The fourth-order valence-corrected chi connectivity index (χ4v) is 4.89. The smallest absolute Gasteiger partial charge is 0.319 e. The van der Waals surface area contributed by atoms with E-state index in [1.165, 1.54) is 47.2 Å². The molecule has 5 N–H and O–H groups in total. The van der Waals surface area contributed by atoms with Gasteiger partial charge in [-0.2, -0.15) is 0 Å². The summed E-state index contributed by atoms with van der Waals surface area (Å²) in [5, 5.41) is 19.9. The zero-order chi connectivity index (χ0) is 28.3. The third-order valence-corrected chi connectivity index (χ3v) is 7.17. The number of halogens is 2. The molecule has 0 unspecified atom stereocenters. The largest absolute Gasteiger partial charge is 0.379 e. The summed E-state index contributed by atoms with van der Waals surface area (Å²) in [6.45, 7) is 0. The molecule has 13 heteroatoms. The van der Waals surface area contributed by atoms with E-state index in [1.807, 2.05) is 6.07 Å². The molecule has 2 aliphatic carbocycles. The van der Waals surface area contributed by atoms with Crippen LogP contribution in [0.3, 0.4) is 0 Å². The number of nitrogens with one attached hydrogen (secondary N) is 5. The number of nitrogens with zero attached hydrogens (tertiary/aromatic N) is 4. The Bertz CT molecular complexity index is 1560. The highest BCUT2D eigenvalue weighted by molar-refractivity contribution is 6.03. The number of fused-ring (bicyclic) bond motifs is 1. The monoisotopic (exact) mass is 561 g/mol. The van der Waals surface area contributed by atoms with Crippen molar-refractivity contribution < 1.29 is 18.4 Å². The van der Waals surface area contributed by atoms with Gasteiger partial charge in [-0.25, -0.2) is 23.1 Å². The van der Waals surface area contributed by atoms with Crippen molar-refractivity contribution in [2.75, 3.05) is 21.3 Å². The van der Waals surface area contributed by atoms with Gasteiger partial charge < -0.3 is 26.6 Å². The Morgan fingerprint density at radius 2 is 1.54 bits per heavy atom. The second-order valence-electron chi connectivity index (χ2n) is 10.3. The first-order valence-electron chi connectivity index (χ1n) is 13.6. The molecule has 3 heterocycles. The minimum atomic E-state index is -0.640. The second kappa shape index (κ2) is 11.4. The molecule has 11 nitrogen and oxygen atoms in total. The molecule has 0 spiro atoms. The molecule has 0 atom stereocenters. The van der Waals surface area contributed by atoms with Crippen molar-refractivity contribution >= 4 is 40.5 Å². The predicted octanol–water partition coefficient (Wildman–Crippen LogP) is 4.77. The van der Waals surface area contributed by atoms with Crippen LogP contribution in [-0.2, 0) is 0 Å². The molecule has 0 bridgehead atoms. The maximum absolute atomic E-state index is 14.1. The van der Waals surface area contributed by atoms with E-state index in [0.717, 1.165) is 50.4 Å². The number of carbonyl (C=O) groups is 2. The third kappa shape index (κ3) is 6.34. The van der Waals surface area contributed by atoms with Gasteiger partial charge in [-0.3, -0.25) is 9.78 Å². The van der Waals surface area contributed by atoms with Crippen LogP contribution in [0.15, 0.2) is 55.0 Å². The summed E-state index contributed by atoms with van der Waals surface area (Å²) in [5.41, 5.74) is 1.96. The van der Waals surface area contributed by atoms with Crippen LogP contribution in [0, 0.1) is 11.6 Å². The highest BCUT2D eigenvalue weighted by Gasteiger charge is 2.26. The first kappa shape index (κ1) is 26.4. The van der Waals surface area contributed by atoms with Gasteiger partial charge in [0.15, 0.2) is 17.2 Å². The van der Waals surface area contributed by atoms with Crippen molar-refractivity contribution in [2.45, 2.75) is 56.7 Å². The highest BCUT2D eigenvalue weighted by atomic mass is 19.1. The average molecular weight is 562 g/mol. The Morgan fingerprint density at radius 3 is 2.27 bits per heavy atom. The predicted molar refractivity (Wildman–Crippen MR) is 150 cm³/mol. The van der Waals surface area contributed by atoms with Crippen molar-refractivity contribution in [1.82, 2.24) is 24.9 Å². The first-order chi connectivity index (χ1) is 19.9. The number of hydrogen-bond acceptors (Lipinski definition) is 7. The summed E-state index contributed by atoms with van der Waals surface area (Å²) < 4.78 is 28.6. The fourth-order valence-electron chi connectivity index (χ4n) is 4.89. The van der Waals surface area contributed by atoms with Gasteiger partial charge in [0.05, 0.1) is 23.8 Å². The molecule has 3 aromatic heterocycles. The average Bonchev–Trinajstić information content (AvgIpc) is 3.67. The second-order valence-corrected chi connectivity index (χ2v) is 10.3. The van der Waals surface area contributed by atoms with Gasteiger partial charge in [0.2, 0.25) is 0 Å². The van der Waals surface area contributed by atoms with Gasteiger partial charge >= 0.3 is 6.03 Å². The summed E-state index contributed by atoms with van der Waals surface area (Å²) in [6.07, 6.45) is 9.08. The number of urea groups is 1. The number of pyridine rings is 1. The lowest BCUT2D eigenvalue weighted by Gasteiger charge is -2.30. The topological polar surface area (TPSA) is 137 Å². The minimum absolute atomic E-state index is 0.00793. The Balaban J connectivity index is 1.12. The van der Waals surface area contributed by atoms with Gasteiger partial charge in [0.25, 0.3) is 5.91 Å². The summed E-state index contributed by atoms with van der Waals surface area (Å²) >= 11 is 0. The summed E-state index contributed by atoms with van der Waals surface area (Å²) in [4.78, 5) is 33.6. The van der Waals surface area contributed by atoms with E-state index >= 15 is 0 Å². The lowest BCUT2D eigenvalue weighted by atomic mass is 9.91. The highest BCUT2D eigenvalue weighted by Crippen LogP contribution is 2.30. The van der Waals surface area contributed by atoms with Crippen LogP contribution < -0.4 is 26.6 Å². The molecule has 0 aliphatic heterocycles. The number of amides is 3. The van der Waals surface area contributed by atoms with Crippen LogP contribution in [0.4, 0.5) is 36.5 Å². The zero-order valence-electron chi connectivity index (χ0n) is 22.0. The van der Waals surface area contributed by atoms with Gasteiger partial charge in [-0.15, -0.1) is 5.10 Å². The van der Waals surface area contributed by atoms with Crippen LogP contribution >= 0.6 is 0 Å². The number of anilines is 4. The molecule has 0 saturated heterocycles. The van der Waals surface area contributed by atoms with Gasteiger partial charge in [0.1, 0.15) is 11.6 Å². The first-order valence-corrected chi connectivity index (χ1v) is 13.6. The molecule has 4 aromatic rings. The zero-order valence-corrected chi connectivity index (χ0v) is 22.0. The maximum atomic E-state index is 14.1. The van der Waals surface area contributed by atoms with E-state index in [-0.39, 0.29) is 35.3 Å². The van der Waals surface area contributed by atoms with E-state index in [4.69, 9.17) is 0 Å². The number of hydrogen-bond donors (Lipinski definition) is 5. The quantitative estimate of drug-likeness (QED) is 0.209. The molecule has 1 aromatic carbocycles. The number of rotatable bonds is 8. The standard InChI is InChI=1S/C28H29F2N9O2/c29-16-1-3-19(4-2-16)35-28(41)36-20-9-7-18(8-10-20)34-25-13-23(33-17-5-6-17)26-32-15-24(39(26)38-25)27(40)37-22-11-12-31-14-21(22)30/h1-4,11-15,17-18,20,33H,5-10H2,(H,34,38)(H,31,37,40)(H2,35,36,41)/t18-,20-. The Kier molecular flexibility index (Phi) is 7.32. The van der Waals surface area contributed by atoms with Crippen molar-refractivity contribution in [3.05, 3.63) is 72.3 Å². The Labute approximate surface area is 234 Å². The normalized spacial score (nSPS) is 18.5. The summed E-state index contributed by atoms with van der Waals surface area (Å²) in [6, 6.07) is 9.03. The van der Waals surface area contributed by atoms with Crippen molar-refractivity contribution in [2.24, 2.45) is 0 Å². The lowest BCUT2D eigenvalue weighted by molar-refractivity contribution is 0.102. The van der Waals surface area contributed by atoms with Gasteiger partial charge in [0, 0.05) is 36.1 Å². The van der Waals surface area contributed by atoms with Crippen LogP contribution in [0.2, 0.25) is 0 Å². The van der Waals surface area contributed by atoms with E-state index in [1.54, 1.807) is 0 Å². The number of aromatic nitrogens is 4. The fraction of sp³-hybridized carbons (Fsp3) is 0.321. The maximum Gasteiger partial charge on any atom is 0.319 e. The van der Waals surface area contributed by atoms with E-state index in [9.17, 15) is 18.4 Å². The Hall–Kier alpha value is -4.81. The molecule has 2 saturated carbocycles. The van der Waals surface area contributed by atoms with E-state index in [2.05, 4.69) is 41.7 Å². The molecule has 41 heavy (non-hydrogen) atoms. The lowest BCUT2D eigenvalue weighted by Crippen LogP contribution is -2.42. The molecule has 212 valence electrons. The third-order valence-electron chi connectivity index (χ3n) is 7.17. The van der Waals surface area contributed by atoms with Crippen LogP contribution in [0.5, 0.6) is 0 Å². The van der Waals surface area contributed by atoms with Crippen LogP contribution in [0.25, 0.3) is 5.65 Å². The SMILES string of the molecule is O=C(Nc1ccc(F)cc1)N[C@H]1CC[C@H](Nc2cc(NC3CC3)c3ncc(C(=O)Nc4ccncc4F)n3n2)CC1. The van der Waals surface area contributed by atoms with Crippen molar-refractivity contribution in [3.63, 3.8) is 0 Å². The van der Waals surface area contributed by atoms with Crippen LogP contribution in [-0.4, -0.2) is 49.6 Å². The Morgan fingerprint density at radius 1 is 0.829 bits per heavy atom. The molecule has 2 fully saturated rings. The van der Waals surface area contributed by atoms with Crippen molar-refractivity contribution in [1.29, 1.82) is 0 Å². The molecular weight excluding hydrogens is 532 g/mol. The number of benzene rings is 1. The van der Waals surface area contributed by atoms with Crippen molar-refractivity contribution in [3.8, 4) is 0 Å². The summed E-state index contributed by atoms with van der Waals surface area (Å²) in [5.74, 6) is -0.971. The summed E-state index contributed by atoms with van der Waals surface area (Å²) in [7, 11) is 0. The van der Waals surface area contributed by atoms with E-state index < -0.39 is 11.7 Å². The van der Waals surface area contributed by atoms with E-state index in [0.29, 0.717) is 23.2 Å². The minimum Gasteiger partial charge on any atom is -0.379 e. The van der Waals surface area contributed by atoms with Gasteiger partial charge in [-0.1, -0.05) is 0 Å². The molecule has 6 rings (SSSR count). The molecule has 2 aliphatic rings. The number of carbonyl (C=O) groups excluding carboxylic acids is 2. The molecule has 0 radical (unpaired) electrons. The van der Waals surface area contributed by atoms with Crippen LogP contribution in [0.1, 0.15) is 49.0 Å². The molecule has 3 amide bonds. The van der Waals surface area contributed by atoms with Gasteiger partial charge in [-0.05, 0) is 68.9 Å². The molecular formula is C28H29F2N9O2.